The summed E-state index contributed by atoms with van der Waals surface area (Å²) in [4.78, 5) is 13.9. The average molecular weight is 321 g/mol. The van der Waals surface area contributed by atoms with Crippen LogP contribution < -0.4 is 0 Å². The second-order valence-electron chi connectivity index (χ2n) is 6.09. The Balaban J connectivity index is 1.76. The quantitative estimate of drug-likeness (QED) is 0.779. The minimum absolute atomic E-state index is 0.00628. The van der Waals surface area contributed by atoms with Crippen molar-refractivity contribution in [3.63, 3.8) is 0 Å². The summed E-state index contributed by atoms with van der Waals surface area (Å²) >= 11 is 0. The predicted molar refractivity (Wildman–Crippen MR) is 92.4 cm³/mol. The molecule has 122 valence electrons. The number of amides is 1. The molecule has 5 nitrogen and oxygen atoms in total. The number of hydrogen-bond acceptors (Lipinski definition) is 3. The minimum atomic E-state index is -0.107. The van der Waals surface area contributed by atoms with E-state index in [-0.39, 0.29) is 18.9 Å². The first-order valence-corrected chi connectivity index (χ1v) is 8.21. The van der Waals surface area contributed by atoms with E-state index in [4.69, 9.17) is 5.11 Å². The van der Waals surface area contributed by atoms with Crippen LogP contribution in [0.15, 0.2) is 42.5 Å². The van der Waals surface area contributed by atoms with E-state index >= 15 is 0 Å². The Bertz CT molecular complexity index is 895. The smallest absolute Gasteiger partial charge is 0.225 e. The van der Waals surface area contributed by atoms with Gasteiger partial charge in [-0.25, -0.2) is 0 Å². The van der Waals surface area contributed by atoms with Crippen molar-refractivity contribution in [3.05, 3.63) is 53.7 Å². The molecular formula is C19H19N3O2. The summed E-state index contributed by atoms with van der Waals surface area (Å²) in [6.07, 6.45) is 0.945. The second kappa shape index (κ2) is 6.09. The normalized spacial score (nSPS) is 14.0. The van der Waals surface area contributed by atoms with E-state index in [9.17, 15) is 4.79 Å². The largest absolute Gasteiger partial charge is 0.396 e. The van der Waals surface area contributed by atoms with Crippen molar-refractivity contribution in [1.82, 2.24) is 15.1 Å². The molecule has 0 saturated heterocycles. The Morgan fingerprint density at radius 2 is 2.04 bits per heavy atom. The predicted octanol–water partition coefficient (Wildman–Crippen LogP) is 2.50. The molecule has 4 rings (SSSR count). The molecule has 0 spiro atoms. The zero-order chi connectivity index (χ0) is 16.5. The molecule has 3 aromatic rings. The molecule has 0 atom stereocenters. The highest BCUT2D eigenvalue weighted by atomic mass is 16.3. The number of carbonyl (C=O) groups excluding carboxylic acids is 1. The summed E-state index contributed by atoms with van der Waals surface area (Å²) in [5.74, 6) is -0.00628. The number of nitrogens with one attached hydrogen (secondary N) is 1. The number of aromatic nitrogens is 2. The van der Waals surface area contributed by atoms with E-state index in [1.54, 1.807) is 0 Å². The molecule has 1 aliphatic rings. The maximum atomic E-state index is 12.1. The van der Waals surface area contributed by atoms with Crippen molar-refractivity contribution in [1.29, 1.82) is 0 Å². The molecule has 0 fully saturated rings. The number of fused-ring (bicyclic) bond motifs is 2. The first kappa shape index (κ1) is 14.9. The van der Waals surface area contributed by atoms with Gasteiger partial charge in [-0.2, -0.15) is 5.10 Å². The molecule has 2 N–H and O–H groups in total. The number of carbonyl (C=O) groups is 1. The molecule has 0 saturated carbocycles. The van der Waals surface area contributed by atoms with Gasteiger partial charge in [-0.15, -0.1) is 0 Å². The molecule has 0 aliphatic carbocycles. The van der Waals surface area contributed by atoms with Gasteiger partial charge in [-0.1, -0.05) is 42.5 Å². The van der Waals surface area contributed by atoms with Gasteiger partial charge in [-0.3, -0.25) is 9.89 Å². The number of aromatic amines is 1. The summed E-state index contributed by atoms with van der Waals surface area (Å²) < 4.78 is 0. The zero-order valence-corrected chi connectivity index (χ0v) is 13.3. The van der Waals surface area contributed by atoms with Gasteiger partial charge in [0.2, 0.25) is 5.91 Å². The van der Waals surface area contributed by atoms with Crippen LogP contribution in [-0.2, 0) is 17.8 Å². The molecule has 0 bridgehead atoms. The lowest BCUT2D eigenvalue weighted by molar-refractivity contribution is -0.132. The summed E-state index contributed by atoms with van der Waals surface area (Å²) in [7, 11) is 0. The molecule has 5 heteroatoms. The second-order valence-corrected chi connectivity index (χ2v) is 6.09. The maximum Gasteiger partial charge on any atom is 0.225 e. The van der Waals surface area contributed by atoms with Crippen LogP contribution in [0.25, 0.3) is 22.0 Å². The first-order chi connectivity index (χ1) is 11.8. The van der Waals surface area contributed by atoms with Gasteiger partial charge in [0.25, 0.3) is 0 Å². The van der Waals surface area contributed by atoms with Gasteiger partial charge in [0.1, 0.15) is 0 Å². The Kier molecular flexibility index (Phi) is 3.78. The number of rotatable bonds is 3. The van der Waals surface area contributed by atoms with Crippen molar-refractivity contribution in [2.24, 2.45) is 0 Å². The molecule has 2 aromatic carbocycles. The standard InChI is InChI=1S/C19H19N3O2/c23-11-9-18(24)22-10-8-17-16(12-22)19(21-20-17)15-7-3-5-13-4-1-2-6-14(13)15/h1-7,23H,8-12H2,(H,20,21). The van der Waals surface area contributed by atoms with Crippen LogP contribution in [0.1, 0.15) is 17.7 Å². The molecule has 24 heavy (non-hydrogen) atoms. The van der Waals surface area contributed by atoms with Gasteiger partial charge in [-0.05, 0) is 10.8 Å². The fraction of sp³-hybridized carbons (Fsp3) is 0.263. The maximum absolute atomic E-state index is 12.1. The van der Waals surface area contributed by atoms with E-state index in [2.05, 4.69) is 34.5 Å². The van der Waals surface area contributed by atoms with E-state index in [0.717, 1.165) is 34.3 Å². The van der Waals surface area contributed by atoms with Crippen LogP contribution >= 0.6 is 0 Å². The first-order valence-electron chi connectivity index (χ1n) is 8.21. The van der Waals surface area contributed by atoms with Gasteiger partial charge < -0.3 is 10.0 Å². The Labute approximate surface area is 139 Å². The molecule has 0 radical (unpaired) electrons. The SMILES string of the molecule is O=C(CCO)N1CCc2[nH]nc(-c3cccc4ccccc34)c2C1. The molecule has 1 aromatic heterocycles. The van der Waals surface area contributed by atoms with Gasteiger partial charge >= 0.3 is 0 Å². The van der Waals surface area contributed by atoms with Crippen LogP contribution in [0.4, 0.5) is 0 Å². The van der Waals surface area contributed by atoms with Gasteiger partial charge in [0.05, 0.1) is 12.3 Å². The summed E-state index contributed by atoms with van der Waals surface area (Å²) in [6, 6.07) is 14.5. The summed E-state index contributed by atoms with van der Waals surface area (Å²) in [6.45, 7) is 1.11. The topological polar surface area (TPSA) is 69.2 Å². The number of aliphatic hydroxyl groups excluding tert-OH is 1. The Morgan fingerprint density at radius 1 is 1.21 bits per heavy atom. The number of H-pyrrole nitrogens is 1. The highest BCUT2D eigenvalue weighted by molar-refractivity contribution is 5.96. The van der Waals surface area contributed by atoms with E-state index < -0.39 is 0 Å². The lowest BCUT2D eigenvalue weighted by Gasteiger charge is -2.27. The van der Waals surface area contributed by atoms with Gasteiger partial charge in [0, 0.05) is 42.8 Å². The lowest BCUT2D eigenvalue weighted by Crippen LogP contribution is -2.36. The van der Waals surface area contributed by atoms with Gasteiger partial charge in [0.15, 0.2) is 0 Å². The minimum Gasteiger partial charge on any atom is -0.396 e. The molecular weight excluding hydrogens is 302 g/mol. The third kappa shape index (κ3) is 2.47. The number of benzene rings is 2. The summed E-state index contributed by atoms with van der Waals surface area (Å²) in [5.41, 5.74) is 4.19. The van der Waals surface area contributed by atoms with Crippen LogP contribution in [0.5, 0.6) is 0 Å². The van der Waals surface area contributed by atoms with E-state index in [1.165, 1.54) is 5.39 Å². The van der Waals surface area contributed by atoms with Crippen molar-refractivity contribution >= 4 is 16.7 Å². The molecule has 0 unspecified atom stereocenters. The van der Waals surface area contributed by atoms with Crippen molar-refractivity contribution in [2.75, 3.05) is 13.2 Å². The number of hydrogen-bond donors (Lipinski definition) is 2. The Hall–Kier alpha value is -2.66. The molecule has 1 aliphatic heterocycles. The highest BCUT2D eigenvalue weighted by Gasteiger charge is 2.25. The fourth-order valence-corrected chi connectivity index (χ4v) is 3.42. The van der Waals surface area contributed by atoms with Crippen molar-refractivity contribution in [3.8, 4) is 11.3 Å². The fourth-order valence-electron chi connectivity index (χ4n) is 3.42. The molecule has 1 amide bonds. The number of nitrogens with zero attached hydrogens (tertiary/aromatic N) is 2. The van der Waals surface area contributed by atoms with Crippen LogP contribution in [0.3, 0.4) is 0 Å². The lowest BCUT2D eigenvalue weighted by atomic mass is 9.96. The zero-order valence-electron chi connectivity index (χ0n) is 13.3. The third-order valence-corrected chi connectivity index (χ3v) is 4.66. The van der Waals surface area contributed by atoms with E-state index in [1.807, 2.05) is 23.1 Å². The monoisotopic (exact) mass is 321 g/mol. The van der Waals surface area contributed by atoms with Crippen molar-refractivity contribution in [2.45, 2.75) is 19.4 Å². The van der Waals surface area contributed by atoms with Crippen LogP contribution in [0.2, 0.25) is 0 Å². The van der Waals surface area contributed by atoms with E-state index in [0.29, 0.717) is 13.1 Å². The third-order valence-electron chi connectivity index (χ3n) is 4.66. The van der Waals surface area contributed by atoms with Crippen molar-refractivity contribution < 1.29 is 9.90 Å². The average Bonchev–Trinajstić information content (AvgIpc) is 3.04. The summed E-state index contributed by atoms with van der Waals surface area (Å²) in [5, 5.41) is 19.0. The van der Waals surface area contributed by atoms with Crippen LogP contribution in [0, 0.1) is 0 Å². The molecule has 2 heterocycles. The number of aliphatic hydroxyl groups is 1. The highest BCUT2D eigenvalue weighted by Crippen LogP contribution is 2.33. The Morgan fingerprint density at radius 3 is 2.92 bits per heavy atom. The van der Waals surface area contributed by atoms with Crippen LogP contribution in [-0.4, -0.2) is 39.3 Å².